The molecule has 2 heterocycles. The molecule has 0 bridgehead atoms. The third-order valence-electron chi connectivity index (χ3n) is 9.00. The fourth-order valence-corrected chi connectivity index (χ4v) is 6.36. The molecule has 0 aromatic heterocycles. The quantitative estimate of drug-likeness (QED) is 0.367. The molecular formula is C31H36F7N3O3. The van der Waals surface area contributed by atoms with Crippen LogP contribution in [-0.2, 0) is 27.4 Å². The lowest BCUT2D eigenvalue weighted by Gasteiger charge is -2.51. The van der Waals surface area contributed by atoms with Crippen LogP contribution in [-0.4, -0.2) is 83.5 Å². The number of carboxylic acids is 1. The van der Waals surface area contributed by atoms with Gasteiger partial charge in [0.2, 0.25) is 5.91 Å². The summed E-state index contributed by atoms with van der Waals surface area (Å²) in [5.74, 6) is -2.28. The number of likely N-dealkylation sites (tertiary alicyclic amines) is 2. The van der Waals surface area contributed by atoms with E-state index in [1.165, 1.54) is 37.9 Å². The van der Waals surface area contributed by atoms with Gasteiger partial charge in [0.05, 0.1) is 23.0 Å². The Morgan fingerprint density at radius 2 is 1.50 bits per heavy atom. The van der Waals surface area contributed by atoms with Gasteiger partial charge in [-0.1, -0.05) is 6.07 Å². The predicted octanol–water partition coefficient (Wildman–Crippen LogP) is 5.92. The zero-order valence-corrected chi connectivity index (χ0v) is 24.9. The first-order chi connectivity index (χ1) is 20.3. The minimum Gasteiger partial charge on any atom is -0.481 e. The van der Waals surface area contributed by atoms with Gasteiger partial charge in [0.1, 0.15) is 5.82 Å². The molecule has 2 atom stereocenters. The molecule has 1 N–H and O–H groups in total. The first kappa shape index (κ1) is 33.7. The maximum atomic E-state index is 14.0. The molecule has 2 fully saturated rings. The summed E-state index contributed by atoms with van der Waals surface area (Å²) in [4.78, 5) is 30.6. The third kappa shape index (κ3) is 7.20. The van der Waals surface area contributed by atoms with Gasteiger partial charge in [0, 0.05) is 57.8 Å². The van der Waals surface area contributed by atoms with Gasteiger partial charge >= 0.3 is 18.3 Å². The molecule has 2 aliphatic heterocycles. The second-order valence-electron chi connectivity index (χ2n) is 12.4. The Labute approximate surface area is 251 Å². The van der Waals surface area contributed by atoms with E-state index in [0.29, 0.717) is 56.8 Å². The number of aryl methyl sites for hydroxylation is 1. The zero-order valence-electron chi connectivity index (χ0n) is 24.9. The van der Waals surface area contributed by atoms with Crippen LogP contribution in [0.5, 0.6) is 0 Å². The van der Waals surface area contributed by atoms with Crippen LogP contribution in [0.15, 0.2) is 36.4 Å². The van der Waals surface area contributed by atoms with E-state index >= 15 is 0 Å². The van der Waals surface area contributed by atoms with E-state index in [1.807, 2.05) is 4.90 Å². The van der Waals surface area contributed by atoms with Crippen LogP contribution in [0.25, 0.3) is 0 Å². The zero-order chi connectivity index (χ0) is 32.8. The number of rotatable bonds is 8. The summed E-state index contributed by atoms with van der Waals surface area (Å²) in [6.07, 6.45) is -9.61. The Hall–Kier alpha value is -3.19. The highest BCUT2D eigenvalue weighted by atomic mass is 19.4. The highest BCUT2D eigenvalue weighted by Crippen LogP contribution is 2.41. The van der Waals surface area contributed by atoms with Crippen LogP contribution in [0, 0.1) is 12.7 Å². The van der Waals surface area contributed by atoms with Crippen LogP contribution in [0.4, 0.5) is 30.7 Å². The van der Waals surface area contributed by atoms with E-state index in [1.54, 1.807) is 13.0 Å². The summed E-state index contributed by atoms with van der Waals surface area (Å²) < 4.78 is 95.6. The van der Waals surface area contributed by atoms with Crippen molar-refractivity contribution in [2.75, 3.05) is 39.8 Å². The monoisotopic (exact) mass is 631 g/mol. The first-order valence-corrected chi connectivity index (χ1v) is 14.3. The van der Waals surface area contributed by atoms with Crippen LogP contribution in [0.1, 0.15) is 60.4 Å². The molecule has 2 saturated heterocycles. The van der Waals surface area contributed by atoms with Crippen molar-refractivity contribution in [3.63, 3.8) is 0 Å². The third-order valence-corrected chi connectivity index (χ3v) is 9.00. The minimum absolute atomic E-state index is 0.0330. The minimum atomic E-state index is -5.05. The summed E-state index contributed by atoms with van der Waals surface area (Å²) in [6.45, 7) is 7.20. The molecule has 242 valence electrons. The molecule has 0 unspecified atom stereocenters. The number of halogens is 7. The van der Waals surface area contributed by atoms with Crippen LogP contribution in [0.2, 0.25) is 0 Å². The van der Waals surface area contributed by atoms with Crippen molar-refractivity contribution >= 4 is 11.9 Å². The smallest absolute Gasteiger partial charge is 0.416 e. The fraction of sp³-hybridized carbons (Fsp3) is 0.548. The van der Waals surface area contributed by atoms with Gasteiger partial charge in [-0.2, -0.15) is 26.3 Å². The van der Waals surface area contributed by atoms with Gasteiger partial charge in [-0.15, -0.1) is 0 Å². The summed E-state index contributed by atoms with van der Waals surface area (Å²) >= 11 is 0. The van der Waals surface area contributed by atoms with E-state index < -0.39 is 58.2 Å². The average Bonchev–Trinajstić information content (AvgIpc) is 2.90. The lowest BCUT2D eigenvalue weighted by Crippen LogP contribution is -2.63. The Morgan fingerprint density at radius 3 is 2.02 bits per heavy atom. The van der Waals surface area contributed by atoms with Gasteiger partial charge < -0.3 is 10.0 Å². The first-order valence-electron chi connectivity index (χ1n) is 14.3. The number of hydrogen-bond acceptors (Lipinski definition) is 4. The van der Waals surface area contributed by atoms with Crippen molar-refractivity contribution in [1.82, 2.24) is 14.7 Å². The number of carbonyl (C=O) groups excluding carboxylic acids is 1. The number of amides is 1. The van der Waals surface area contributed by atoms with Crippen LogP contribution in [0.3, 0.4) is 0 Å². The molecule has 2 aliphatic rings. The summed E-state index contributed by atoms with van der Waals surface area (Å²) in [6, 6.07) is 5.26. The molecule has 6 nitrogen and oxygen atoms in total. The van der Waals surface area contributed by atoms with Crippen molar-refractivity contribution in [2.24, 2.45) is 0 Å². The molecule has 13 heteroatoms. The normalized spacial score (nSPS) is 20.8. The Kier molecular flexibility index (Phi) is 9.42. The lowest BCUT2D eigenvalue weighted by molar-refractivity contribution is -0.144. The van der Waals surface area contributed by atoms with Gasteiger partial charge in [-0.05, 0) is 74.2 Å². The molecule has 0 aliphatic carbocycles. The van der Waals surface area contributed by atoms with E-state index in [9.17, 15) is 40.3 Å². The molecule has 2 aromatic carbocycles. The maximum absolute atomic E-state index is 14.0. The van der Waals surface area contributed by atoms with Crippen molar-refractivity contribution < 1.29 is 45.4 Å². The Bertz CT molecular complexity index is 1350. The molecular weight excluding hydrogens is 595 g/mol. The van der Waals surface area contributed by atoms with Crippen molar-refractivity contribution in [3.05, 3.63) is 70.0 Å². The largest absolute Gasteiger partial charge is 0.481 e. The number of piperidine rings is 1. The Balaban J connectivity index is 1.62. The highest BCUT2D eigenvalue weighted by Gasteiger charge is 2.45. The van der Waals surface area contributed by atoms with Crippen molar-refractivity contribution in [3.8, 4) is 0 Å². The SMILES string of the molecule is Cc1cc(F)ccc1[C@H]1CN(C2CN(CCC(=O)O)C2)CC[C@@H]1N(C)C(=O)C(C)(C)c1cc(C(F)(F)F)cc(C(F)(F)F)c1. The van der Waals surface area contributed by atoms with Crippen molar-refractivity contribution in [2.45, 2.75) is 69.4 Å². The fourth-order valence-electron chi connectivity index (χ4n) is 6.36. The van der Waals surface area contributed by atoms with E-state index in [4.69, 9.17) is 5.11 Å². The molecule has 44 heavy (non-hydrogen) atoms. The summed E-state index contributed by atoms with van der Waals surface area (Å²) in [7, 11) is 1.51. The van der Waals surface area contributed by atoms with Crippen LogP contribution < -0.4 is 0 Å². The van der Waals surface area contributed by atoms with E-state index in [-0.39, 0.29) is 24.4 Å². The number of alkyl halides is 6. The lowest BCUT2D eigenvalue weighted by atomic mass is 9.78. The van der Waals surface area contributed by atoms with Gasteiger partial charge in [0.25, 0.3) is 0 Å². The average molecular weight is 632 g/mol. The second kappa shape index (κ2) is 12.3. The van der Waals surface area contributed by atoms with Gasteiger partial charge in [-0.25, -0.2) is 4.39 Å². The number of carbonyl (C=O) groups is 2. The number of carboxylic acid groups (broad SMARTS) is 1. The van der Waals surface area contributed by atoms with Gasteiger partial charge in [-0.3, -0.25) is 19.4 Å². The predicted molar refractivity (Wildman–Crippen MR) is 149 cm³/mol. The van der Waals surface area contributed by atoms with E-state index in [2.05, 4.69) is 4.90 Å². The number of aliphatic carboxylic acids is 1. The molecule has 0 radical (unpaired) electrons. The molecule has 1 amide bonds. The summed E-state index contributed by atoms with van der Waals surface area (Å²) in [5.41, 5.74) is -3.67. The summed E-state index contributed by atoms with van der Waals surface area (Å²) in [5, 5.41) is 8.96. The maximum Gasteiger partial charge on any atom is 0.416 e. The molecule has 0 saturated carbocycles. The number of likely N-dealkylation sites (N-methyl/N-ethyl adjacent to an activating group) is 1. The van der Waals surface area contributed by atoms with E-state index in [0.717, 1.165) is 5.56 Å². The topological polar surface area (TPSA) is 64.1 Å². The van der Waals surface area contributed by atoms with Gasteiger partial charge in [0.15, 0.2) is 0 Å². The number of nitrogens with zero attached hydrogens (tertiary/aromatic N) is 3. The van der Waals surface area contributed by atoms with Crippen LogP contribution >= 0.6 is 0 Å². The number of benzene rings is 2. The van der Waals surface area contributed by atoms with Crippen molar-refractivity contribution in [1.29, 1.82) is 0 Å². The molecule has 0 spiro atoms. The highest BCUT2D eigenvalue weighted by molar-refractivity contribution is 5.87. The molecule has 4 rings (SSSR count). The number of hydrogen-bond donors (Lipinski definition) is 1. The Morgan fingerprint density at radius 1 is 0.932 bits per heavy atom. The second-order valence-corrected chi connectivity index (χ2v) is 12.4. The molecule has 2 aromatic rings. The standard InChI is InChI=1S/C31H36F7N3O3/c1-18-11-22(32)5-6-24(18)25-17-41(23-15-40(16-23)9-8-27(42)43)10-7-26(25)39(4)28(44)29(2,3)19-12-20(30(33,34)35)14-21(13-19)31(36,37)38/h5-6,11-14,23,25-26H,7-10,15-17H2,1-4H3,(H,42,43)/t25-,26+/m1/s1.